The van der Waals surface area contributed by atoms with E-state index in [1.807, 2.05) is 11.8 Å². The highest BCUT2D eigenvalue weighted by molar-refractivity contribution is 7.99. The lowest BCUT2D eigenvalue weighted by atomic mass is 10.2. The molecule has 19 heavy (non-hydrogen) atoms. The molecule has 0 aliphatic carbocycles. The third kappa shape index (κ3) is 3.64. The third-order valence-electron chi connectivity index (χ3n) is 2.76. The van der Waals surface area contributed by atoms with Crippen molar-refractivity contribution in [2.24, 2.45) is 0 Å². The number of thioether (sulfide) groups is 1. The van der Waals surface area contributed by atoms with Crippen LogP contribution in [-0.4, -0.2) is 15.4 Å². The number of hydrogen-bond acceptors (Lipinski definition) is 6. The summed E-state index contributed by atoms with van der Waals surface area (Å²) in [5, 5.41) is 4.56. The van der Waals surface area contributed by atoms with Crippen molar-refractivity contribution in [3.63, 3.8) is 0 Å². The summed E-state index contributed by atoms with van der Waals surface area (Å²) in [7, 11) is 0. The second kappa shape index (κ2) is 5.97. The van der Waals surface area contributed by atoms with E-state index in [1.165, 1.54) is 0 Å². The molecule has 6 heteroatoms. The monoisotopic (exact) mass is 278 g/mol. The van der Waals surface area contributed by atoms with Crippen molar-refractivity contribution in [1.82, 2.24) is 10.1 Å². The molecule has 5 nitrogen and oxygen atoms in total. The zero-order valence-electron chi connectivity index (χ0n) is 11.1. The number of nitrogens with zero attached hydrogens (tertiary/aromatic N) is 2. The maximum atomic E-state index is 5.75. The molecule has 1 atom stereocenters. The van der Waals surface area contributed by atoms with Crippen LogP contribution in [0.5, 0.6) is 0 Å². The molecule has 2 aromatic rings. The Morgan fingerprint density at radius 1 is 1.26 bits per heavy atom. The van der Waals surface area contributed by atoms with Gasteiger partial charge >= 0.3 is 0 Å². The lowest BCUT2D eigenvalue weighted by Crippen LogP contribution is -1.95. The van der Waals surface area contributed by atoms with Crippen LogP contribution in [0.4, 0.5) is 11.4 Å². The highest BCUT2D eigenvalue weighted by atomic mass is 32.2. The van der Waals surface area contributed by atoms with E-state index in [0.29, 0.717) is 28.3 Å². The van der Waals surface area contributed by atoms with Crippen molar-refractivity contribution in [3.05, 3.63) is 24.0 Å². The van der Waals surface area contributed by atoms with E-state index in [9.17, 15) is 0 Å². The van der Waals surface area contributed by atoms with Gasteiger partial charge in [0.05, 0.1) is 5.75 Å². The van der Waals surface area contributed by atoms with Gasteiger partial charge in [0.2, 0.25) is 0 Å². The average Bonchev–Trinajstić information content (AvgIpc) is 2.83. The maximum absolute atomic E-state index is 5.75. The van der Waals surface area contributed by atoms with Gasteiger partial charge in [-0.25, -0.2) is 0 Å². The molecule has 102 valence electrons. The number of anilines is 2. The molecule has 2 rings (SSSR count). The quantitative estimate of drug-likeness (QED) is 0.817. The molecule has 0 aliphatic heterocycles. The van der Waals surface area contributed by atoms with E-state index in [2.05, 4.69) is 24.0 Å². The Labute approximate surface area is 116 Å². The van der Waals surface area contributed by atoms with Crippen LogP contribution in [0.2, 0.25) is 0 Å². The van der Waals surface area contributed by atoms with Gasteiger partial charge in [0.15, 0.2) is 5.82 Å². The number of rotatable bonds is 5. The van der Waals surface area contributed by atoms with Gasteiger partial charge in [-0.3, -0.25) is 0 Å². The Hall–Kier alpha value is -1.69. The van der Waals surface area contributed by atoms with Gasteiger partial charge in [-0.05, 0) is 24.6 Å². The fraction of sp³-hybridized carbons (Fsp3) is 0.385. The molecule has 1 aromatic carbocycles. The fourth-order valence-electron chi connectivity index (χ4n) is 1.56. The zero-order chi connectivity index (χ0) is 13.8. The van der Waals surface area contributed by atoms with Gasteiger partial charge in [0.1, 0.15) is 0 Å². The highest BCUT2D eigenvalue weighted by Gasteiger charge is 2.11. The van der Waals surface area contributed by atoms with Gasteiger partial charge in [-0.15, -0.1) is 0 Å². The Balaban J connectivity index is 2.12. The van der Waals surface area contributed by atoms with Crippen LogP contribution in [-0.2, 0) is 5.75 Å². The van der Waals surface area contributed by atoms with Crippen LogP contribution >= 0.6 is 11.8 Å². The molecule has 0 spiro atoms. The molecule has 0 radical (unpaired) electrons. The van der Waals surface area contributed by atoms with Gasteiger partial charge < -0.3 is 16.0 Å². The van der Waals surface area contributed by atoms with Crippen molar-refractivity contribution in [3.8, 4) is 11.5 Å². The van der Waals surface area contributed by atoms with E-state index < -0.39 is 0 Å². The van der Waals surface area contributed by atoms with Crippen molar-refractivity contribution in [2.45, 2.75) is 31.3 Å². The van der Waals surface area contributed by atoms with Gasteiger partial charge in [0, 0.05) is 22.2 Å². The first kappa shape index (κ1) is 13.7. The molecular formula is C13H18N4OS. The average molecular weight is 278 g/mol. The van der Waals surface area contributed by atoms with E-state index in [4.69, 9.17) is 16.0 Å². The number of hydrogen-bond donors (Lipinski definition) is 2. The van der Waals surface area contributed by atoms with E-state index in [0.717, 1.165) is 17.7 Å². The minimum Gasteiger partial charge on any atom is -0.399 e. The zero-order valence-corrected chi connectivity index (χ0v) is 11.9. The summed E-state index contributed by atoms with van der Waals surface area (Å²) in [6, 6.07) is 5.24. The normalized spacial score (nSPS) is 12.5. The van der Waals surface area contributed by atoms with E-state index in [1.54, 1.807) is 18.2 Å². The van der Waals surface area contributed by atoms with Crippen molar-refractivity contribution < 1.29 is 4.52 Å². The van der Waals surface area contributed by atoms with Crippen LogP contribution in [0.1, 0.15) is 26.1 Å². The summed E-state index contributed by atoms with van der Waals surface area (Å²) < 4.78 is 5.24. The Morgan fingerprint density at radius 2 is 1.95 bits per heavy atom. The summed E-state index contributed by atoms with van der Waals surface area (Å²) in [6.07, 6.45) is 1.13. The molecular weight excluding hydrogens is 260 g/mol. The lowest BCUT2D eigenvalue weighted by Gasteiger charge is -2.04. The standard InChI is InChI=1S/C13H18N4OS/c1-3-8(2)19-7-12-16-13(18-17-12)9-4-10(14)6-11(15)5-9/h4-6,8H,3,7,14-15H2,1-2H3. The van der Waals surface area contributed by atoms with Crippen LogP contribution in [0.25, 0.3) is 11.5 Å². The molecule has 1 heterocycles. The molecule has 4 N–H and O–H groups in total. The first-order valence-corrected chi connectivity index (χ1v) is 7.24. The SMILES string of the molecule is CCC(C)SCc1noc(-c2cc(N)cc(N)c2)n1. The highest BCUT2D eigenvalue weighted by Crippen LogP contribution is 2.25. The molecule has 0 aliphatic rings. The van der Waals surface area contributed by atoms with Crippen LogP contribution in [0.3, 0.4) is 0 Å². The topological polar surface area (TPSA) is 91.0 Å². The van der Waals surface area contributed by atoms with Crippen LogP contribution < -0.4 is 11.5 Å². The first-order valence-electron chi connectivity index (χ1n) is 6.19. The summed E-state index contributed by atoms with van der Waals surface area (Å²) in [5.41, 5.74) is 13.4. The summed E-state index contributed by atoms with van der Waals surface area (Å²) >= 11 is 1.81. The molecule has 0 bridgehead atoms. The molecule has 0 saturated carbocycles. The van der Waals surface area contributed by atoms with Gasteiger partial charge in [-0.1, -0.05) is 19.0 Å². The van der Waals surface area contributed by atoms with Crippen LogP contribution in [0.15, 0.2) is 22.7 Å². The minimum absolute atomic E-state index is 0.457. The van der Waals surface area contributed by atoms with Crippen molar-refractivity contribution >= 4 is 23.1 Å². The van der Waals surface area contributed by atoms with Gasteiger partial charge in [-0.2, -0.15) is 16.7 Å². The van der Waals surface area contributed by atoms with E-state index in [-0.39, 0.29) is 0 Å². The number of aromatic nitrogens is 2. The summed E-state index contributed by atoms with van der Waals surface area (Å²) in [4.78, 5) is 4.36. The van der Waals surface area contributed by atoms with E-state index >= 15 is 0 Å². The first-order chi connectivity index (χ1) is 9.08. The Bertz CT molecular complexity index is 535. The van der Waals surface area contributed by atoms with Crippen molar-refractivity contribution in [2.75, 3.05) is 11.5 Å². The maximum Gasteiger partial charge on any atom is 0.258 e. The van der Waals surface area contributed by atoms with Crippen molar-refractivity contribution in [1.29, 1.82) is 0 Å². The molecule has 0 fully saturated rings. The van der Waals surface area contributed by atoms with Crippen LogP contribution in [0, 0.1) is 0 Å². The number of benzene rings is 1. The lowest BCUT2D eigenvalue weighted by molar-refractivity contribution is 0.425. The molecule has 0 amide bonds. The van der Waals surface area contributed by atoms with Gasteiger partial charge in [0.25, 0.3) is 5.89 Å². The second-order valence-electron chi connectivity index (χ2n) is 4.43. The second-order valence-corrected chi connectivity index (χ2v) is 5.86. The Morgan fingerprint density at radius 3 is 2.58 bits per heavy atom. The number of nitrogens with two attached hydrogens (primary N) is 2. The fourth-order valence-corrected chi connectivity index (χ4v) is 2.35. The summed E-state index contributed by atoms with van der Waals surface area (Å²) in [6.45, 7) is 4.35. The third-order valence-corrected chi connectivity index (χ3v) is 4.09. The Kier molecular flexibility index (Phi) is 4.31. The predicted octanol–water partition coefficient (Wildman–Crippen LogP) is 2.93. The predicted molar refractivity (Wildman–Crippen MR) is 79.6 cm³/mol. The molecule has 1 unspecified atom stereocenters. The minimum atomic E-state index is 0.457. The number of nitrogen functional groups attached to an aromatic ring is 2. The molecule has 0 saturated heterocycles. The smallest absolute Gasteiger partial charge is 0.258 e. The molecule has 1 aromatic heterocycles. The largest absolute Gasteiger partial charge is 0.399 e. The summed E-state index contributed by atoms with van der Waals surface area (Å²) in [5.74, 6) is 1.90.